The molecule has 118 valence electrons. The smallest absolute Gasteiger partial charge is 0.323 e. The maximum absolute atomic E-state index is 11.8. The molecule has 0 unspecified atom stereocenters. The summed E-state index contributed by atoms with van der Waals surface area (Å²) in [6.07, 6.45) is 0.449. The molecule has 0 aromatic heterocycles. The van der Waals surface area contributed by atoms with E-state index in [4.69, 9.17) is 15.2 Å². The van der Waals surface area contributed by atoms with Crippen LogP contribution < -0.4 is 10.5 Å². The second-order valence-electron chi connectivity index (χ2n) is 7.20. The molecule has 0 amide bonds. The van der Waals surface area contributed by atoms with Crippen molar-refractivity contribution in [2.75, 3.05) is 0 Å². The molecule has 1 rings (SSSR count). The summed E-state index contributed by atoms with van der Waals surface area (Å²) < 4.78 is 11.0. The van der Waals surface area contributed by atoms with E-state index in [0.29, 0.717) is 6.42 Å². The lowest BCUT2D eigenvalue weighted by Gasteiger charge is -2.22. The first-order valence-electron chi connectivity index (χ1n) is 7.23. The maximum Gasteiger partial charge on any atom is 0.323 e. The number of ether oxygens (including phenoxy) is 2. The monoisotopic (exact) mass is 293 g/mol. The first-order chi connectivity index (χ1) is 9.46. The standard InChI is InChI=1S/C17H27NO3/c1-16(2,3)20-13-9-7-12(8-10-13)11-14(18)15(19)21-17(4,5)6/h7-10,14H,11,18H2,1-6H3/t14-/m1/s1. The Kier molecular flexibility index (Phi) is 5.40. The van der Waals surface area contributed by atoms with Crippen molar-refractivity contribution in [1.82, 2.24) is 0 Å². The van der Waals surface area contributed by atoms with Gasteiger partial charge in [-0.05, 0) is 65.7 Å². The summed E-state index contributed by atoms with van der Waals surface area (Å²) >= 11 is 0. The number of carbonyl (C=O) groups is 1. The average Bonchev–Trinajstić information content (AvgIpc) is 2.27. The van der Waals surface area contributed by atoms with Crippen molar-refractivity contribution in [3.05, 3.63) is 29.8 Å². The van der Waals surface area contributed by atoms with Crippen LogP contribution in [0.3, 0.4) is 0 Å². The molecule has 4 heteroatoms. The molecule has 4 nitrogen and oxygen atoms in total. The summed E-state index contributed by atoms with van der Waals surface area (Å²) in [6.45, 7) is 11.5. The van der Waals surface area contributed by atoms with Gasteiger partial charge in [-0.2, -0.15) is 0 Å². The molecule has 0 spiro atoms. The van der Waals surface area contributed by atoms with Gasteiger partial charge in [0, 0.05) is 0 Å². The Labute approximate surface area is 127 Å². The normalized spacial score (nSPS) is 13.7. The Hall–Kier alpha value is -1.55. The molecule has 1 atom stereocenters. The third-order valence-corrected chi connectivity index (χ3v) is 2.51. The number of benzene rings is 1. The zero-order valence-electron chi connectivity index (χ0n) is 13.9. The Balaban J connectivity index is 2.61. The van der Waals surface area contributed by atoms with E-state index in [1.807, 2.05) is 65.8 Å². The van der Waals surface area contributed by atoms with Crippen molar-refractivity contribution in [2.45, 2.75) is 65.2 Å². The van der Waals surface area contributed by atoms with Crippen LogP contribution in [-0.2, 0) is 16.0 Å². The zero-order valence-corrected chi connectivity index (χ0v) is 13.9. The average molecular weight is 293 g/mol. The van der Waals surface area contributed by atoms with E-state index in [2.05, 4.69) is 0 Å². The predicted octanol–water partition coefficient (Wildman–Crippen LogP) is 3.08. The molecule has 0 radical (unpaired) electrons. The maximum atomic E-state index is 11.8. The molecule has 2 N–H and O–H groups in total. The summed E-state index contributed by atoms with van der Waals surface area (Å²) in [5.41, 5.74) is 6.13. The van der Waals surface area contributed by atoms with Crippen LogP contribution in [0.1, 0.15) is 47.1 Å². The Bertz CT molecular complexity index is 466. The van der Waals surface area contributed by atoms with Crippen LogP contribution in [0, 0.1) is 0 Å². The number of esters is 1. The molecule has 0 saturated carbocycles. The third-order valence-electron chi connectivity index (χ3n) is 2.51. The largest absolute Gasteiger partial charge is 0.488 e. The van der Waals surface area contributed by atoms with Crippen LogP contribution in [0.15, 0.2) is 24.3 Å². The summed E-state index contributed by atoms with van der Waals surface area (Å²) in [4.78, 5) is 11.8. The first-order valence-corrected chi connectivity index (χ1v) is 7.23. The number of hydrogen-bond donors (Lipinski definition) is 1. The molecular weight excluding hydrogens is 266 g/mol. The highest BCUT2D eigenvalue weighted by molar-refractivity contribution is 5.76. The van der Waals surface area contributed by atoms with E-state index >= 15 is 0 Å². The van der Waals surface area contributed by atoms with Crippen LogP contribution in [-0.4, -0.2) is 23.2 Å². The highest BCUT2D eigenvalue weighted by Crippen LogP contribution is 2.19. The van der Waals surface area contributed by atoms with Gasteiger partial charge in [-0.3, -0.25) is 4.79 Å². The lowest BCUT2D eigenvalue weighted by molar-refractivity contribution is -0.156. The summed E-state index contributed by atoms with van der Waals surface area (Å²) in [5.74, 6) is 0.426. The van der Waals surface area contributed by atoms with Crippen molar-refractivity contribution < 1.29 is 14.3 Å². The summed E-state index contributed by atoms with van der Waals surface area (Å²) in [5, 5.41) is 0. The molecule has 0 heterocycles. The fraction of sp³-hybridized carbons (Fsp3) is 0.588. The van der Waals surface area contributed by atoms with Gasteiger partial charge >= 0.3 is 5.97 Å². The predicted molar refractivity (Wildman–Crippen MR) is 84.3 cm³/mol. The minimum Gasteiger partial charge on any atom is -0.488 e. The molecule has 21 heavy (non-hydrogen) atoms. The topological polar surface area (TPSA) is 61.5 Å². The SMILES string of the molecule is CC(C)(C)OC(=O)[C@H](N)Cc1ccc(OC(C)(C)C)cc1. The van der Waals surface area contributed by atoms with Crippen LogP contribution >= 0.6 is 0 Å². The summed E-state index contributed by atoms with van der Waals surface area (Å²) in [7, 11) is 0. The van der Waals surface area contributed by atoms with Crippen molar-refractivity contribution in [2.24, 2.45) is 5.73 Å². The minimum absolute atomic E-state index is 0.228. The quantitative estimate of drug-likeness (QED) is 0.867. The Morgan fingerprint density at radius 1 is 1.05 bits per heavy atom. The molecular formula is C17H27NO3. The number of rotatable bonds is 4. The van der Waals surface area contributed by atoms with Gasteiger partial charge in [0.05, 0.1) is 0 Å². The van der Waals surface area contributed by atoms with E-state index in [9.17, 15) is 4.79 Å². The first kappa shape index (κ1) is 17.5. The van der Waals surface area contributed by atoms with Gasteiger partial charge in [-0.15, -0.1) is 0 Å². The van der Waals surface area contributed by atoms with Crippen molar-refractivity contribution in [1.29, 1.82) is 0 Å². The molecule has 0 aliphatic heterocycles. The van der Waals surface area contributed by atoms with Crippen molar-refractivity contribution in [3.63, 3.8) is 0 Å². The van der Waals surface area contributed by atoms with E-state index < -0.39 is 11.6 Å². The summed E-state index contributed by atoms with van der Waals surface area (Å²) in [6, 6.07) is 6.97. The second-order valence-corrected chi connectivity index (χ2v) is 7.20. The van der Waals surface area contributed by atoms with Gasteiger partial charge in [-0.1, -0.05) is 12.1 Å². The van der Waals surface area contributed by atoms with Gasteiger partial charge in [0.15, 0.2) is 0 Å². The van der Waals surface area contributed by atoms with Gasteiger partial charge in [0.1, 0.15) is 23.0 Å². The van der Waals surface area contributed by atoms with Crippen molar-refractivity contribution >= 4 is 5.97 Å². The molecule has 0 aliphatic carbocycles. The minimum atomic E-state index is -0.654. The van der Waals surface area contributed by atoms with Gasteiger partial charge < -0.3 is 15.2 Å². The Morgan fingerprint density at radius 3 is 2.00 bits per heavy atom. The number of nitrogens with two attached hydrogens (primary N) is 1. The third kappa shape index (κ3) is 7.14. The number of hydrogen-bond acceptors (Lipinski definition) is 4. The molecule has 0 fully saturated rings. The lowest BCUT2D eigenvalue weighted by atomic mass is 10.1. The van der Waals surface area contributed by atoms with Gasteiger partial charge in [0.2, 0.25) is 0 Å². The van der Waals surface area contributed by atoms with E-state index in [1.54, 1.807) is 0 Å². The van der Waals surface area contributed by atoms with E-state index in [0.717, 1.165) is 11.3 Å². The van der Waals surface area contributed by atoms with E-state index in [1.165, 1.54) is 0 Å². The zero-order chi connectivity index (χ0) is 16.3. The van der Waals surface area contributed by atoms with Crippen LogP contribution in [0.4, 0.5) is 0 Å². The fourth-order valence-electron chi connectivity index (χ4n) is 1.76. The molecule has 1 aromatic carbocycles. The van der Waals surface area contributed by atoms with Crippen LogP contribution in [0.2, 0.25) is 0 Å². The van der Waals surface area contributed by atoms with Gasteiger partial charge in [0.25, 0.3) is 0 Å². The van der Waals surface area contributed by atoms with Gasteiger partial charge in [-0.25, -0.2) is 0 Å². The molecule has 1 aromatic rings. The Morgan fingerprint density at radius 2 is 1.57 bits per heavy atom. The number of carbonyl (C=O) groups excluding carboxylic acids is 1. The lowest BCUT2D eigenvalue weighted by Crippen LogP contribution is -2.38. The van der Waals surface area contributed by atoms with Crippen LogP contribution in [0.5, 0.6) is 5.75 Å². The highest BCUT2D eigenvalue weighted by Gasteiger charge is 2.22. The molecule has 0 bridgehead atoms. The van der Waals surface area contributed by atoms with Crippen LogP contribution in [0.25, 0.3) is 0 Å². The fourth-order valence-corrected chi connectivity index (χ4v) is 1.76. The van der Waals surface area contributed by atoms with E-state index in [-0.39, 0.29) is 11.6 Å². The molecule has 0 saturated heterocycles. The second kappa shape index (κ2) is 6.48. The van der Waals surface area contributed by atoms with Crippen molar-refractivity contribution in [3.8, 4) is 5.75 Å². The molecule has 0 aliphatic rings. The highest BCUT2D eigenvalue weighted by atomic mass is 16.6.